The van der Waals surface area contributed by atoms with E-state index in [0.29, 0.717) is 17.2 Å². The number of nitrogens with one attached hydrogen (secondary N) is 1. The highest BCUT2D eigenvalue weighted by molar-refractivity contribution is 5.76. The summed E-state index contributed by atoms with van der Waals surface area (Å²) in [7, 11) is 0. The van der Waals surface area contributed by atoms with E-state index < -0.39 is 0 Å². The first-order chi connectivity index (χ1) is 9.19. The van der Waals surface area contributed by atoms with Gasteiger partial charge in [-0.05, 0) is 50.1 Å². The van der Waals surface area contributed by atoms with Gasteiger partial charge in [0.25, 0.3) is 0 Å². The van der Waals surface area contributed by atoms with Crippen molar-refractivity contribution in [3.63, 3.8) is 0 Å². The summed E-state index contributed by atoms with van der Waals surface area (Å²) in [5.74, 6) is 1.03. The minimum Gasteiger partial charge on any atom is -0.343 e. The Morgan fingerprint density at radius 3 is 2.26 bits per heavy atom. The minimum atomic E-state index is 0.410. The smallest absolute Gasteiger partial charge is 0.222 e. The second kappa shape index (κ2) is 6.74. The van der Waals surface area contributed by atoms with Crippen molar-refractivity contribution in [1.29, 1.82) is 0 Å². The Bertz CT molecular complexity index is 283. The first-order valence-corrected chi connectivity index (χ1v) is 8.17. The van der Waals surface area contributed by atoms with Crippen molar-refractivity contribution in [1.82, 2.24) is 10.2 Å². The van der Waals surface area contributed by atoms with Crippen molar-refractivity contribution >= 4 is 5.91 Å². The van der Waals surface area contributed by atoms with Gasteiger partial charge in [0.05, 0.1) is 0 Å². The van der Waals surface area contributed by atoms with Gasteiger partial charge in [0.1, 0.15) is 0 Å². The van der Waals surface area contributed by atoms with Crippen LogP contribution in [0.4, 0.5) is 0 Å². The summed E-state index contributed by atoms with van der Waals surface area (Å²) in [4.78, 5) is 14.5. The summed E-state index contributed by atoms with van der Waals surface area (Å²) in [6.45, 7) is 8.77. The van der Waals surface area contributed by atoms with E-state index >= 15 is 0 Å². The molecule has 19 heavy (non-hydrogen) atoms. The lowest BCUT2D eigenvalue weighted by molar-refractivity contribution is -0.134. The molecule has 3 heteroatoms. The van der Waals surface area contributed by atoms with Crippen LogP contribution in [0.25, 0.3) is 0 Å². The fourth-order valence-corrected chi connectivity index (χ4v) is 3.65. The molecule has 0 aromatic rings. The van der Waals surface area contributed by atoms with Crippen LogP contribution >= 0.6 is 0 Å². The Kier molecular flexibility index (Phi) is 5.26. The number of rotatable bonds is 4. The third kappa shape index (κ3) is 3.71. The minimum absolute atomic E-state index is 0.410. The van der Waals surface area contributed by atoms with E-state index in [0.717, 1.165) is 32.6 Å². The molecule has 0 radical (unpaired) electrons. The van der Waals surface area contributed by atoms with Gasteiger partial charge in [-0.15, -0.1) is 0 Å². The van der Waals surface area contributed by atoms with Crippen LogP contribution in [-0.2, 0) is 4.79 Å². The highest BCUT2D eigenvalue weighted by Crippen LogP contribution is 2.38. The van der Waals surface area contributed by atoms with Crippen LogP contribution in [-0.4, -0.2) is 37.0 Å². The van der Waals surface area contributed by atoms with Crippen LogP contribution in [0, 0.1) is 11.3 Å². The summed E-state index contributed by atoms with van der Waals surface area (Å²) >= 11 is 0. The molecule has 2 aliphatic heterocycles. The highest BCUT2D eigenvalue weighted by atomic mass is 16.2. The number of carbonyl (C=O) groups is 1. The van der Waals surface area contributed by atoms with E-state index in [1.165, 1.54) is 38.5 Å². The van der Waals surface area contributed by atoms with Crippen LogP contribution in [0.15, 0.2) is 0 Å². The Balaban J connectivity index is 1.78. The first kappa shape index (κ1) is 14.8. The van der Waals surface area contributed by atoms with Gasteiger partial charge in [0.2, 0.25) is 5.91 Å². The summed E-state index contributed by atoms with van der Waals surface area (Å²) in [5.41, 5.74) is 0.519. The molecule has 0 aromatic carbocycles. The predicted octanol–water partition coefficient (Wildman–Crippen LogP) is 2.80. The molecule has 1 amide bonds. The zero-order valence-corrected chi connectivity index (χ0v) is 12.7. The molecular weight excluding hydrogens is 236 g/mol. The molecule has 2 rings (SSSR count). The average molecular weight is 266 g/mol. The molecule has 110 valence electrons. The van der Waals surface area contributed by atoms with Crippen LogP contribution in [0.3, 0.4) is 0 Å². The van der Waals surface area contributed by atoms with E-state index in [1.807, 2.05) is 0 Å². The quantitative estimate of drug-likeness (QED) is 0.848. The standard InChI is InChI=1S/C16H30N2O/c1-3-16(4-2)7-11-18(12-8-16)15(19)13-14-5-9-17-10-6-14/h14,17H,3-13H2,1-2H3. The fraction of sp³-hybridized carbons (Fsp3) is 0.938. The van der Waals surface area contributed by atoms with Crippen LogP contribution in [0.1, 0.15) is 58.8 Å². The second-order valence-corrected chi connectivity index (χ2v) is 6.49. The second-order valence-electron chi connectivity index (χ2n) is 6.49. The van der Waals surface area contributed by atoms with Crippen molar-refractivity contribution in [3.8, 4) is 0 Å². The highest BCUT2D eigenvalue weighted by Gasteiger charge is 2.33. The van der Waals surface area contributed by atoms with Crippen molar-refractivity contribution < 1.29 is 4.79 Å². The van der Waals surface area contributed by atoms with E-state index in [2.05, 4.69) is 24.1 Å². The van der Waals surface area contributed by atoms with Crippen molar-refractivity contribution in [2.24, 2.45) is 11.3 Å². The molecule has 0 bridgehead atoms. The number of amides is 1. The molecule has 3 nitrogen and oxygen atoms in total. The molecular formula is C16H30N2O. The van der Waals surface area contributed by atoms with Gasteiger partial charge >= 0.3 is 0 Å². The number of likely N-dealkylation sites (tertiary alicyclic amines) is 1. The molecule has 2 heterocycles. The van der Waals surface area contributed by atoms with E-state index in [-0.39, 0.29) is 0 Å². The lowest BCUT2D eigenvalue weighted by Gasteiger charge is -2.41. The number of piperidine rings is 2. The molecule has 2 fully saturated rings. The van der Waals surface area contributed by atoms with Crippen molar-refractivity contribution in [2.45, 2.75) is 58.8 Å². The summed E-state index contributed by atoms with van der Waals surface area (Å²) in [5, 5.41) is 3.37. The van der Waals surface area contributed by atoms with Gasteiger partial charge in [0, 0.05) is 19.5 Å². The van der Waals surface area contributed by atoms with Crippen molar-refractivity contribution in [3.05, 3.63) is 0 Å². The van der Waals surface area contributed by atoms with Gasteiger partial charge in [-0.25, -0.2) is 0 Å². The van der Waals surface area contributed by atoms with E-state index in [4.69, 9.17) is 0 Å². The van der Waals surface area contributed by atoms with Crippen LogP contribution < -0.4 is 5.32 Å². The van der Waals surface area contributed by atoms with E-state index in [1.54, 1.807) is 0 Å². The molecule has 0 aliphatic carbocycles. The first-order valence-electron chi connectivity index (χ1n) is 8.17. The van der Waals surface area contributed by atoms with Gasteiger partial charge in [-0.2, -0.15) is 0 Å². The maximum Gasteiger partial charge on any atom is 0.222 e. The zero-order valence-electron chi connectivity index (χ0n) is 12.7. The number of hydrogen-bond acceptors (Lipinski definition) is 2. The maximum absolute atomic E-state index is 12.4. The molecule has 2 saturated heterocycles. The lowest BCUT2D eigenvalue weighted by Crippen LogP contribution is -2.43. The Morgan fingerprint density at radius 2 is 1.74 bits per heavy atom. The van der Waals surface area contributed by atoms with Crippen molar-refractivity contribution in [2.75, 3.05) is 26.2 Å². The molecule has 0 saturated carbocycles. The third-order valence-corrected chi connectivity index (χ3v) is 5.60. The SMILES string of the molecule is CCC1(CC)CCN(C(=O)CC2CCNCC2)CC1. The number of nitrogens with zero attached hydrogens (tertiary/aromatic N) is 1. The molecule has 0 atom stereocenters. The summed E-state index contributed by atoms with van der Waals surface area (Å²) in [6.07, 6.45) is 8.07. The topological polar surface area (TPSA) is 32.3 Å². The maximum atomic E-state index is 12.4. The lowest BCUT2D eigenvalue weighted by atomic mass is 9.74. The molecule has 0 aromatic heterocycles. The van der Waals surface area contributed by atoms with Gasteiger partial charge in [-0.3, -0.25) is 4.79 Å². The van der Waals surface area contributed by atoms with Crippen LogP contribution in [0.2, 0.25) is 0 Å². The Morgan fingerprint density at radius 1 is 1.16 bits per heavy atom. The van der Waals surface area contributed by atoms with Gasteiger partial charge in [0.15, 0.2) is 0 Å². The van der Waals surface area contributed by atoms with Crippen LogP contribution in [0.5, 0.6) is 0 Å². The zero-order chi connectivity index (χ0) is 13.7. The molecule has 2 aliphatic rings. The molecule has 0 unspecified atom stereocenters. The number of hydrogen-bond donors (Lipinski definition) is 1. The number of carbonyl (C=O) groups excluding carboxylic acids is 1. The predicted molar refractivity (Wildman–Crippen MR) is 79.0 cm³/mol. The summed E-state index contributed by atoms with van der Waals surface area (Å²) in [6, 6.07) is 0. The third-order valence-electron chi connectivity index (χ3n) is 5.60. The molecule has 0 spiro atoms. The largest absolute Gasteiger partial charge is 0.343 e. The van der Waals surface area contributed by atoms with Gasteiger partial charge < -0.3 is 10.2 Å². The summed E-state index contributed by atoms with van der Waals surface area (Å²) < 4.78 is 0. The fourth-order valence-electron chi connectivity index (χ4n) is 3.65. The molecule has 1 N–H and O–H groups in total. The Labute approximate surface area is 118 Å². The Hall–Kier alpha value is -0.570. The van der Waals surface area contributed by atoms with E-state index in [9.17, 15) is 4.79 Å². The monoisotopic (exact) mass is 266 g/mol. The normalized spacial score (nSPS) is 24.4. The van der Waals surface area contributed by atoms with Gasteiger partial charge in [-0.1, -0.05) is 26.7 Å². The average Bonchev–Trinajstić information content (AvgIpc) is 2.48.